The molecule has 0 aliphatic rings. The molecule has 0 radical (unpaired) electrons. The van der Waals surface area contributed by atoms with Crippen LogP contribution in [-0.2, 0) is 96.0 Å². The average molecular weight is 1580 g/mol. The zero-order chi connectivity index (χ0) is 83.9. The highest BCUT2D eigenvalue weighted by Crippen LogP contribution is 2.16. The number of carboxylic acid groups (broad SMARTS) is 2. The van der Waals surface area contributed by atoms with Gasteiger partial charge in [0.15, 0.2) is 11.9 Å². The number of carboxylic acids is 2. The van der Waals surface area contributed by atoms with Crippen molar-refractivity contribution in [2.24, 2.45) is 28.9 Å². The van der Waals surface area contributed by atoms with E-state index in [-0.39, 0.29) is 76.0 Å². The summed E-state index contributed by atoms with van der Waals surface area (Å²) in [4.78, 5) is 213. The zero-order valence-corrected chi connectivity index (χ0v) is 61.8. The van der Waals surface area contributed by atoms with E-state index >= 15 is 0 Å². The molecule has 3 aromatic rings. The molecule has 0 heterocycles. The van der Waals surface area contributed by atoms with Crippen molar-refractivity contribution in [2.45, 2.75) is 164 Å². The van der Waals surface area contributed by atoms with Gasteiger partial charge in [-0.2, -0.15) is 0 Å². The molecule has 13 atom stereocenters. The summed E-state index contributed by atoms with van der Waals surface area (Å²) in [6.45, 7) is 1.78. The molecule has 0 saturated heterocycles. The smallest absolute Gasteiger partial charge is 0.326 e. The molecule has 3 aromatic carbocycles. The topological polar surface area (TPSA) is 727 Å². The highest BCUT2D eigenvalue weighted by molar-refractivity contribution is 6.00. The number of primary amides is 1. The van der Waals surface area contributed by atoms with Crippen LogP contribution in [0.3, 0.4) is 0 Å². The Morgan fingerprint density at radius 3 is 1.20 bits per heavy atom. The van der Waals surface area contributed by atoms with E-state index in [2.05, 4.69) is 79.8 Å². The Morgan fingerprint density at radius 1 is 0.402 bits per heavy atom. The molecule has 0 bridgehead atoms. The van der Waals surface area contributed by atoms with Gasteiger partial charge < -0.3 is 133 Å². The number of phenols is 2. The van der Waals surface area contributed by atoms with E-state index in [0.717, 1.165) is 0 Å². The minimum Gasteiger partial charge on any atom is -0.508 e. The number of aliphatic hydroxyl groups excluding tert-OH is 2. The average Bonchev–Trinajstić information content (AvgIpc) is 0.852. The number of amides is 14. The molecule has 0 aliphatic heterocycles. The monoisotopic (exact) mass is 1580 g/mol. The van der Waals surface area contributed by atoms with Crippen molar-refractivity contribution in [3.05, 3.63) is 95.6 Å². The number of phenolic OH excluding ortho intramolecular Hbond substituents is 2. The predicted molar refractivity (Wildman–Crippen MR) is 396 cm³/mol. The normalized spacial score (nSPS) is 14.3. The summed E-state index contributed by atoms with van der Waals surface area (Å²) in [6.07, 6.45) is -2.81. The van der Waals surface area contributed by atoms with E-state index < -0.39 is 224 Å². The third-order valence-corrected chi connectivity index (χ3v) is 16.7. The van der Waals surface area contributed by atoms with Gasteiger partial charge in [-0.25, -0.2) is 4.79 Å². The van der Waals surface area contributed by atoms with Crippen LogP contribution in [0.2, 0.25) is 0 Å². The Morgan fingerprint density at radius 2 is 0.759 bits per heavy atom. The van der Waals surface area contributed by atoms with Crippen molar-refractivity contribution in [2.75, 3.05) is 39.4 Å². The van der Waals surface area contributed by atoms with Crippen LogP contribution in [0.4, 0.5) is 0 Å². The summed E-state index contributed by atoms with van der Waals surface area (Å²) >= 11 is 0. The van der Waals surface area contributed by atoms with E-state index in [1.165, 1.54) is 62.4 Å². The van der Waals surface area contributed by atoms with Crippen LogP contribution in [0.1, 0.15) is 89.3 Å². The van der Waals surface area contributed by atoms with Crippen molar-refractivity contribution in [1.29, 1.82) is 10.8 Å². The van der Waals surface area contributed by atoms with E-state index in [1.807, 2.05) is 0 Å². The highest BCUT2D eigenvalue weighted by Gasteiger charge is 2.37. The van der Waals surface area contributed by atoms with E-state index in [4.69, 9.17) is 38.9 Å². The molecule has 0 spiro atoms. The van der Waals surface area contributed by atoms with Gasteiger partial charge in [0, 0.05) is 32.4 Å². The number of guanidine groups is 2. The predicted octanol–water partition coefficient (Wildman–Crippen LogP) is -8.95. The maximum Gasteiger partial charge on any atom is 0.326 e. The second-order valence-corrected chi connectivity index (χ2v) is 25.8. The lowest BCUT2D eigenvalue weighted by Gasteiger charge is -2.29. The zero-order valence-electron chi connectivity index (χ0n) is 61.8. The number of benzene rings is 3. The van der Waals surface area contributed by atoms with Gasteiger partial charge in [0.05, 0.1) is 45.2 Å². The lowest BCUT2D eigenvalue weighted by Crippen LogP contribution is -2.61. The van der Waals surface area contributed by atoms with Gasteiger partial charge in [0.2, 0.25) is 82.7 Å². The van der Waals surface area contributed by atoms with Crippen LogP contribution >= 0.6 is 0 Å². The molecule has 31 N–H and O–H groups in total. The second-order valence-electron chi connectivity index (χ2n) is 25.8. The molecule has 0 fully saturated rings. The third-order valence-electron chi connectivity index (χ3n) is 16.7. The fraction of sp³-hybridized carbons (Fsp3) is 0.478. The first-order valence-electron chi connectivity index (χ1n) is 35.2. The molecule has 43 nitrogen and oxygen atoms in total. The number of hydrogen-bond acceptors (Lipinski definition) is 23. The lowest BCUT2D eigenvalue weighted by atomic mass is 9.97. The van der Waals surface area contributed by atoms with E-state index in [1.54, 1.807) is 44.2 Å². The Labute approximate surface area is 641 Å². The lowest BCUT2D eigenvalue weighted by molar-refractivity contribution is -0.143. The fourth-order valence-electron chi connectivity index (χ4n) is 10.3. The van der Waals surface area contributed by atoms with Crippen LogP contribution < -0.4 is 103 Å². The minimum absolute atomic E-state index is 0.0199. The number of aliphatic carboxylic acids is 2. The van der Waals surface area contributed by atoms with Gasteiger partial charge in [0.1, 0.15) is 78.0 Å². The number of carbonyl (C=O) groups is 16. The number of aliphatic hydroxyl groups is 2. The fourth-order valence-corrected chi connectivity index (χ4v) is 10.3. The van der Waals surface area contributed by atoms with Gasteiger partial charge in [-0.15, -0.1) is 0 Å². The second kappa shape index (κ2) is 47.9. The first kappa shape index (κ1) is 93.4. The van der Waals surface area contributed by atoms with Crippen LogP contribution in [0.15, 0.2) is 78.9 Å². The molecule has 43 heteroatoms. The Balaban J connectivity index is 1.92. The maximum absolute atomic E-state index is 14.7. The molecule has 14 amide bonds. The molecule has 3 rings (SSSR count). The molecular weight excluding hydrogens is 1470 g/mol. The molecule has 0 unspecified atom stereocenters. The van der Waals surface area contributed by atoms with Gasteiger partial charge in [-0.05, 0) is 86.4 Å². The summed E-state index contributed by atoms with van der Waals surface area (Å²) in [6, 6.07) is -0.518. The number of rotatable bonds is 49. The van der Waals surface area contributed by atoms with Crippen molar-refractivity contribution >= 4 is 107 Å². The van der Waals surface area contributed by atoms with Crippen LogP contribution in [0.25, 0.3) is 0 Å². The summed E-state index contributed by atoms with van der Waals surface area (Å²) in [5.41, 5.74) is 22.8. The van der Waals surface area contributed by atoms with Crippen molar-refractivity contribution in [3.63, 3.8) is 0 Å². The highest BCUT2D eigenvalue weighted by atomic mass is 16.4. The molecule has 614 valence electrons. The maximum atomic E-state index is 14.7. The molecule has 0 saturated carbocycles. The van der Waals surface area contributed by atoms with Crippen LogP contribution in [0.5, 0.6) is 11.5 Å². The van der Waals surface area contributed by atoms with E-state index in [0.29, 0.717) is 16.7 Å². The van der Waals surface area contributed by atoms with Crippen molar-refractivity contribution in [3.8, 4) is 11.5 Å². The summed E-state index contributed by atoms with van der Waals surface area (Å²) in [5, 5.41) is 110. The van der Waals surface area contributed by atoms with Crippen molar-refractivity contribution in [1.82, 2.24) is 79.8 Å². The molecular formula is C69H101N21O22. The Kier molecular flexibility index (Phi) is 39.9. The van der Waals surface area contributed by atoms with Crippen molar-refractivity contribution < 1.29 is 107 Å². The summed E-state index contributed by atoms with van der Waals surface area (Å²) in [7, 11) is 0. The SMILES string of the molecule is CC[C@H](C)[C@H](NC(=O)[C@H](CCCNC(=N)N)NC(=O)[C@H](Cc1ccc(O)cc1)NC(=O)[C@H](CCCNC(=N)N)NC(=O)[C@H](CO)NC(=O)[C@H](Cc1ccc(O)cc1)NC(=O)[C@H](C)NC(=O)[C@H](C)NC(=O)[C@H](Cc1ccccc1)NC(=O)CNC(=O)[C@H](CO)NC(=O)[C@@H](N)CC(=O)O)C(=O)NCC(=O)N[C@@H](CC(N)=O)C(=O)O. The number of carbonyl (C=O) groups excluding carboxylic acids is 14. The number of hydrogen-bond donors (Lipinski definition) is 27. The van der Waals surface area contributed by atoms with Crippen LogP contribution in [-0.4, -0.2) is 249 Å². The minimum atomic E-state index is -1.94. The van der Waals surface area contributed by atoms with Gasteiger partial charge in [0.25, 0.3) is 0 Å². The summed E-state index contributed by atoms with van der Waals surface area (Å²) in [5.74, 6) is -19.5. The van der Waals surface area contributed by atoms with Gasteiger partial charge in [-0.1, -0.05) is 74.9 Å². The van der Waals surface area contributed by atoms with E-state index in [9.17, 15) is 102 Å². The number of nitrogens with two attached hydrogens (primary N) is 4. The molecule has 0 aliphatic carbocycles. The molecule has 0 aromatic heterocycles. The first-order valence-corrected chi connectivity index (χ1v) is 35.2. The first-order chi connectivity index (χ1) is 52.8. The molecule has 112 heavy (non-hydrogen) atoms. The number of aromatic hydroxyl groups is 2. The third kappa shape index (κ3) is 34.6. The quantitative estimate of drug-likeness (QED) is 0.0142. The van der Waals surface area contributed by atoms with Gasteiger partial charge >= 0.3 is 11.9 Å². The van der Waals surface area contributed by atoms with Crippen LogP contribution in [0, 0.1) is 16.7 Å². The summed E-state index contributed by atoms with van der Waals surface area (Å²) < 4.78 is 0. The Bertz CT molecular complexity index is 3780. The van der Waals surface area contributed by atoms with Gasteiger partial charge in [-0.3, -0.25) is 82.7 Å². The Hall–Kier alpha value is -12.8. The standard InChI is InChI=1S/C69H101N21O22/c1-5-34(2)55(66(110)79-31-53(97)83-48(67(111)112)29-51(71)95)90-61(105)44(14-10-24-77-69(74)75)84-63(107)47(27-39-17-21-41(94)22-18-39)87-60(104)43(13-9-23-76-68(72)73)85-65(109)50(33-92)89-64(108)46(26-38-15-19-40(93)20-16-38)86-57(101)36(4)80-56(100)35(3)81-62(106)45(25-37-11-7-6-8-12-37)82-52(96)30-78-59(103)49(32-91)88-58(102)42(70)28-54(98)99/h6-8,11-12,15-22,34-36,42-50,55,91-94H,5,9-10,13-14,23-33,70H2,1-4H3,(H2,71,95)(H,78,103)(H,79,110)(H,80,100)(H,81,106)(H,82,96)(H,83,97)(H,84,107)(H,85,109)(H,86,101)(H,87,104)(H,88,102)(H,89,108)(H,90,105)(H,98,99)(H,111,112)(H4,72,73,76)(H4,74,75,77)/t34-,35-,36-,42-,43-,44-,45-,46-,47-,48-,49-,50-,55-/m0/s1. The number of nitrogens with one attached hydrogen (secondary N) is 17. The largest absolute Gasteiger partial charge is 0.508 e.